The largest absolute Gasteiger partial charge is 0.491 e. The van der Waals surface area contributed by atoms with Gasteiger partial charge >= 0.3 is 0 Å². The Hall–Kier alpha value is -6.73. The zero-order valence-electron chi connectivity index (χ0n) is 40.9. The number of rotatable bonds is 20. The molecule has 72 heavy (non-hydrogen) atoms. The van der Waals surface area contributed by atoms with Crippen LogP contribution in [0.25, 0.3) is 31.9 Å². The van der Waals surface area contributed by atoms with E-state index >= 15 is 0 Å². The number of hydrogen-bond donors (Lipinski definition) is 1. The zero-order chi connectivity index (χ0) is 50.0. The normalized spacial score (nSPS) is 15.7. The number of hydrogen-bond acceptors (Lipinski definition) is 14. The van der Waals surface area contributed by atoms with Gasteiger partial charge in [0.1, 0.15) is 17.6 Å². The molecule has 5 aromatic carbocycles. The number of thiazole rings is 1. The van der Waals surface area contributed by atoms with Crippen LogP contribution in [0.2, 0.25) is 0 Å². The molecule has 2 aliphatic heterocycles. The second kappa shape index (κ2) is 23.7. The third-order valence-electron chi connectivity index (χ3n) is 13.2. The molecule has 0 saturated carbocycles. The summed E-state index contributed by atoms with van der Waals surface area (Å²) in [7, 11) is 3.99. The molecule has 4 heterocycles. The van der Waals surface area contributed by atoms with Crippen molar-refractivity contribution < 1.29 is 23.9 Å². The molecule has 9 rings (SSSR count). The molecule has 16 nitrogen and oxygen atoms in total. The summed E-state index contributed by atoms with van der Waals surface area (Å²) in [6, 6.07) is 34.8. The van der Waals surface area contributed by atoms with Gasteiger partial charge < -0.3 is 29.5 Å². The molecule has 2 aromatic heterocycles. The average molecular weight is 1010 g/mol. The lowest BCUT2D eigenvalue weighted by atomic mass is 10.1. The van der Waals surface area contributed by atoms with E-state index in [1.807, 2.05) is 145 Å². The highest BCUT2D eigenvalue weighted by atomic mass is 32.2. The van der Waals surface area contributed by atoms with E-state index in [0.717, 1.165) is 76.2 Å². The summed E-state index contributed by atoms with van der Waals surface area (Å²) < 4.78 is 14.5. The Balaban J connectivity index is 0.685. The maximum atomic E-state index is 14.6. The van der Waals surface area contributed by atoms with Crippen LogP contribution in [-0.2, 0) is 25.7 Å². The van der Waals surface area contributed by atoms with Crippen molar-refractivity contribution in [3.05, 3.63) is 125 Å². The van der Waals surface area contributed by atoms with Crippen LogP contribution in [-0.4, -0.2) is 133 Å². The van der Waals surface area contributed by atoms with E-state index in [1.54, 1.807) is 4.57 Å². The number of benzene rings is 5. The van der Waals surface area contributed by atoms with Crippen LogP contribution >= 0.6 is 23.1 Å². The predicted molar refractivity (Wildman–Crippen MR) is 285 cm³/mol. The predicted octanol–water partition coefficient (Wildman–Crippen LogP) is 8.62. The van der Waals surface area contributed by atoms with E-state index < -0.39 is 5.25 Å². The van der Waals surface area contributed by atoms with E-state index in [1.165, 1.54) is 23.1 Å². The second-order valence-corrected chi connectivity index (χ2v) is 20.2. The smallest absolute Gasteiger partial charge is 0.262 e. The molecule has 0 aliphatic carbocycles. The van der Waals surface area contributed by atoms with Crippen molar-refractivity contribution in [3.63, 3.8) is 0 Å². The molecule has 1 N–H and O–H groups in total. The standard InChI is InChI=1S/C54H60N10O6S2/c1-4-63-51(67)44-33-38-13-8-9-14-39(38)34-46(44)57-54(63)72-50(37-11-6-5-7-12-37)52(68)64-24-10-15-42(64)36-55-48(65)22-23-49(66)62-27-25-61(26-28-62)29-30-69-31-32-70-43-20-21-45-47(35-43)71-53(56-45)59-58-40-16-18-41(19-17-40)60(2)3/h5-9,11-14,16-21,33-35,42,50H,4,10,15,22-32,36H2,1-3H3,(H,55,65)/t42-,50?/m1/s1. The third-order valence-corrected chi connectivity index (χ3v) is 15.3. The van der Waals surface area contributed by atoms with Gasteiger partial charge in [-0.3, -0.25) is 28.6 Å². The lowest BCUT2D eigenvalue weighted by Crippen LogP contribution is -2.49. The average Bonchev–Trinajstić information content (AvgIpc) is 4.06. The Labute approximate surface area is 427 Å². The molecule has 2 fully saturated rings. The van der Waals surface area contributed by atoms with Crippen LogP contribution in [0.1, 0.15) is 43.4 Å². The Morgan fingerprint density at radius 3 is 2.36 bits per heavy atom. The summed E-state index contributed by atoms with van der Waals surface area (Å²) in [5.74, 6) is 0.397. The van der Waals surface area contributed by atoms with Crippen LogP contribution < -0.4 is 20.5 Å². The Morgan fingerprint density at radius 1 is 0.833 bits per heavy atom. The van der Waals surface area contributed by atoms with Gasteiger partial charge in [0.2, 0.25) is 22.9 Å². The van der Waals surface area contributed by atoms with E-state index in [2.05, 4.69) is 25.4 Å². The Morgan fingerprint density at radius 2 is 1.60 bits per heavy atom. The van der Waals surface area contributed by atoms with Crippen LogP contribution in [0.3, 0.4) is 0 Å². The molecular formula is C54H60N10O6S2. The van der Waals surface area contributed by atoms with Crippen molar-refractivity contribution in [2.75, 3.05) is 84.6 Å². The van der Waals surface area contributed by atoms with Crippen molar-refractivity contribution >= 4 is 89.2 Å². The molecule has 0 radical (unpaired) electrons. The molecule has 0 bridgehead atoms. The number of aromatic nitrogens is 3. The maximum absolute atomic E-state index is 14.6. The zero-order valence-corrected chi connectivity index (χ0v) is 42.6. The number of likely N-dealkylation sites (tertiary alicyclic amines) is 1. The summed E-state index contributed by atoms with van der Waals surface area (Å²) in [6.45, 7) is 7.97. The van der Waals surface area contributed by atoms with Gasteiger partial charge in [0.25, 0.3) is 5.56 Å². The third kappa shape index (κ3) is 12.3. The van der Waals surface area contributed by atoms with Crippen molar-refractivity contribution in [1.29, 1.82) is 0 Å². The molecule has 18 heteroatoms. The number of amides is 3. The second-order valence-electron chi connectivity index (χ2n) is 18.1. The molecule has 1 unspecified atom stereocenters. The molecule has 0 spiro atoms. The number of anilines is 1. The fraction of sp³-hybridized carbons (Fsp3) is 0.370. The van der Waals surface area contributed by atoms with Crippen molar-refractivity contribution in [1.82, 2.24) is 34.6 Å². The minimum Gasteiger partial charge on any atom is -0.491 e. The number of fused-ring (bicyclic) bond motifs is 3. The van der Waals surface area contributed by atoms with Crippen molar-refractivity contribution in [3.8, 4) is 5.75 Å². The maximum Gasteiger partial charge on any atom is 0.262 e. The summed E-state index contributed by atoms with van der Waals surface area (Å²) in [5, 5.41) is 14.6. The number of piperazine rings is 1. The van der Waals surface area contributed by atoms with E-state index in [4.69, 9.17) is 14.5 Å². The number of ether oxygens (including phenoxy) is 2. The van der Waals surface area contributed by atoms with Gasteiger partial charge in [0, 0.05) is 91.0 Å². The molecule has 2 aliphatic rings. The fourth-order valence-corrected chi connectivity index (χ4v) is 11.2. The lowest BCUT2D eigenvalue weighted by Gasteiger charge is -2.34. The molecule has 7 aromatic rings. The van der Waals surface area contributed by atoms with Gasteiger partial charge in [-0.15, -0.1) is 10.2 Å². The first kappa shape index (κ1) is 50.2. The minimum atomic E-state index is -0.661. The van der Waals surface area contributed by atoms with Gasteiger partial charge in [-0.05, 0) is 90.7 Å². The first-order chi connectivity index (χ1) is 35.1. The van der Waals surface area contributed by atoms with Gasteiger partial charge in [0.05, 0.1) is 40.0 Å². The van der Waals surface area contributed by atoms with E-state index in [-0.39, 0.29) is 42.2 Å². The first-order valence-electron chi connectivity index (χ1n) is 24.6. The van der Waals surface area contributed by atoms with Crippen molar-refractivity contribution in [2.45, 2.75) is 55.6 Å². The molecular weight excluding hydrogens is 949 g/mol. The van der Waals surface area contributed by atoms with Gasteiger partial charge in [-0.1, -0.05) is 77.7 Å². The van der Waals surface area contributed by atoms with Crippen LogP contribution in [0.4, 0.5) is 16.5 Å². The first-order valence-corrected chi connectivity index (χ1v) is 26.3. The van der Waals surface area contributed by atoms with Crippen molar-refractivity contribution in [2.24, 2.45) is 10.2 Å². The quantitative estimate of drug-likeness (QED) is 0.0255. The van der Waals surface area contributed by atoms with Gasteiger partial charge in [-0.25, -0.2) is 9.97 Å². The molecule has 2 atom stereocenters. The van der Waals surface area contributed by atoms with Gasteiger partial charge in [-0.2, -0.15) is 0 Å². The molecule has 374 valence electrons. The summed E-state index contributed by atoms with van der Waals surface area (Å²) >= 11 is 2.75. The van der Waals surface area contributed by atoms with Gasteiger partial charge in [0.15, 0.2) is 5.16 Å². The number of carbonyl (C=O) groups excluding carboxylic acids is 3. The molecule has 3 amide bonds. The number of carbonyl (C=O) groups is 3. The highest BCUT2D eigenvalue weighted by molar-refractivity contribution is 8.00. The number of nitrogens with zero attached hydrogens (tertiary/aromatic N) is 9. The lowest BCUT2D eigenvalue weighted by molar-refractivity contribution is -0.135. The molecule has 2 saturated heterocycles. The number of nitrogens with one attached hydrogen (secondary N) is 1. The van der Waals surface area contributed by atoms with Crippen LogP contribution in [0.15, 0.2) is 129 Å². The van der Waals surface area contributed by atoms with E-state index in [9.17, 15) is 19.2 Å². The summed E-state index contributed by atoms with van der Waals surface area (Å²) in [4.78, 5) is 72.4. The highest BCUT2D eigenvalue weighted by Gasteiger charge is 2.36. The monoisotopic (exact) mass is 1010 g/mol. The minimum absolute atomic E-state index is 0.0391. The van der Waals surface area contributed by atoms with Crippen LogP contribution in [0, 0.1) is 0 Å². The Kier molecular flexibility index (Phi) is 16.5. The van der Waals surface area contributed by atoms with Crippen LogP contribution in [0.5, 0.6) is 5.75 Å². The topological polar surface area (TPSA) is 167 Å². The fourth-order valence-electron chi connectivity index (χ4n) is 9.12. The number of thioether (sulfide) groups is 1. The highest BCUT2D eigenvalue weighted by Crippen LogP contribution is 2.38. The van der Waals surface area contributed by atoms with E-state index in [0.29, 0.717) is 73.7 Å². The summed E-state index contributed by atoms with van der Waals surface area (Å²) in [5.41, 5.74) is 3.96. The Bertz CT molecular complexity index is 3100. The number of azo groups is 1. The SMILES string of the molecule is CCn1c(SC(C(=O)N2CCC[C@@H]2CNC(=O)CCC(=O)N2CCN(CCOCCOc3ccc4nc(N=Nc5ccc(N(C)C)cc5)sc4c3)CC2)c2ccccc2)nc2cc3ccccc3cc2c1=O. The summed E-state index contributed by atoms with van der Waals surface area (Å²) in [6.07, 6.45) is 1.75.